The molecule has 1 aliphatic heterocycles. The molecule has 10 heteroatoms. The summed E-state index contributed by atoms with van der Waals surface area (Å²) in [6.07, 6.45) is 3.35. The lowest BCUT2D eigenvalue weighted by molar-refractivity contribution is -0.120. The van der Waals surface area contributed by atoms with Crippen LogP contribution in [0.4, 0.5) is 4.79 Å². The quantitative estimate of drug-likeness (QED) is 0.370. The third-order valence-electron chi connectivity index (χ3n) is 7.82. The predicted molar refractivity (Wildman–Crippen MR) is 163 cm³/mol. The first-order valence-corrected chi connectivity index (χ1v) is 14.1. The highest BCUT2D eigenvalue weighted by Gasteiger charge is 2.27. The molecule has 5 rings (SSSR count). The smallest absolute Gasteiger partial charge is 0.415 e. The fourth-order valence-corrected chi connectivity index (χ4v) is 5.33. The Morgan fingerprint density at radius 1 is 0.953 bits per heavy atom. The number of benzene rings is 2. The summed E-state index contributed by atoms with van der Waals surface area (Å²) in [6, 6.07) is 13.1. The highest BCUT2D eigenvalue weighted by atomic mass is 16.6. The van der Waals surface area contributed by atoms with E-state index in [4.69, 9.17) is 23.4 Å². The number of ether oxygens (including phenoxy) is 4. The van der Waals surface area contributed by atoms with E-state index in [9.17, 15) is 9.59 Å². The summed E-state index contributed by atoms with van der Waals surface area (Å²) >= 11 is 0. The van der Waals surface area contributed by atoms with Crippen LogP contribution in [0.2, 0.25) is 0 Å². The van der Waals surface area contributed by atoms with Gasteiger partial charge in [0.05, 0.1) is 40.6 Å². The molecular weight excluding hydrogens is 550 g/mol. The monoisotopic (exact) mass is 587 g/mol. The zero-order valence-electron chi connectivity index (χ0n) is 25.2. The highest BCUT2D eigenvalue weighted by Crippen LogP contribution is 2.46. The molecule has 43 heavy (non-hydrogen) atoms. The van der Waals surface area contributed by atoms with Crippen LogP contribution in [-0.2, 0) is 11.3 Å². The molecule has 10 nitrogen and oxygen atoms in total. The molecule has 0 saturated carbocycles. The minimum Gasteiger partial charge on any atom is -0.497 e. The van der Waals surface area contributed by atoms with Crippen LogP contribution in [0.25, 0.3) is 17.2 Å². The van der Waals surface area contributed by atoms with Crippen molar-refractivity contribution in [1.29, 1.82) is 0 Å². The first-order valence-electron chi connectivity index (χ1n) is 14.1. The largest absolute Gasteiger partial charge is 0.497 e. The van der Waals surface area contributed by atoms with E-state index in [0.29, 0.717) is 42.6 Å². The minimum absolute atomic E-state index is 0.115. The molecule has 0 unspecified atom stereocenters. The van der Waals surface area contributed by atoms with Gasteiger partial charge in [-0.2, -0.15) is 0 Å². The molecule has 1 aliphatic carbocycles. The normalized spacial score (nSPS) is 15.8. The van der Waals surface area contributed by atoms with Crippen LogP contribution in [0.5, 0.6) is 23.0 Å². The van der Waals surface area contributed by atoms with E-state index in [0.717, 1.165) is 46.5 Å². The molecule has 0 radical (unpaired) electrons. The third kappa shape index (κ3) is 6.54. The number of hydrogen-bond donors (Lipinski definition) is 1. The Bertz CT molecular complexity index is 1530. The van der Waals surface area contributed by atoms with Crippen molar-refractivity contribution in [3.8, 4) is 23.0 Å². The lowest BCUT2D eigenvalue weighted by Crippen LogP contribution is -2.48. The molecule has 1 aromatic heterocycles. The summed E-state index contributed by atoms with van der Waals surface area (Å²) in [7, 11) is 6.70. The molecule has 3 aromatic rings. The first kappa shape index (κ1) is 29.8. The predicted octanol–water partition coefficient (Wildman–Crippen LogP) is 5.09. The number of allylic oxidation sites excluding steroid dienone is 2. The number of piperazine rings is 1. The standard InChI is InChI=1S/C33H37N3O7/c1-21-26(25-9-8-23(39-3)18-28(25)27(21)19-31(37)34-20-24-7-6-14-42-24)15-22-16-29(40-4)32(30(17-22)41-5)43-33(38)36-12-10-35(2)11-13-36/h6-9,14-18H,10-13,19-20H2,1-5H3,(H,34,37)/b26-15-. The van der Waals surface area contributed by atoms with E-state index in [2.05, 4.69) is 10.2 Å². The zero-order chi connectivity index (χ0) is 30.5. The summed E-state index contributed by atoms with van der Waals surface area (Å²) in [5.41, 5.74) is 5.54. The van der Waals surface area contributed by atoms with E-state index in [-0.39, 0.29) is 18.1 Å². The lowest BCUT2D eigenvalue weighted by atomic mass is 10.00. The molecule has 2 amide bonds. The zero-order valence-corrected chi connectivity index (χ0v) is 25.2. The van der Waals surface area contributed by atoms with Crippen LogP contribution in [-0.4, -0.2) is 76.4 Å². The van der Waals surface area contributed by atoms with Crippen molar-refractivity contribution in [1.82, 2.24) is 15.1 Å². The SMILES string of the molecule is COc1ccc2c(c1)C(CC(=O)NCc1ccco1)=C(C)/C2=C/c1cc(OC)c(OC(=O)N2CCN(C)CC2)c(OC)c1. The van der Waals surface area contributed by atoms with E-state index in [1.54, 1.807) is 24.3 Å². The maximum absolute atomic E-state index is 13.0. The molecule has 226 valence electrons. The average Bonchev–Trinajstić information content (AvgIpc) is 3.63. The van der Waals surface area contributed by atoms with Gasteiger partial charge in [-0.1, -0.05) is 6.07 Å². The van der Waals surface area contributed by atoms with Gasteiger partial charge in [-0.05, 0) is 89.9 Å². The molecular formula is C33H37N3O7. The maximum Gasteiger partial charge on any atom is 0.415 e. The molecule has 1 fully saturated rings. The van der Waals surface area contributed by atoms with Crippen molar-refractivity contribution < 1.29 is 33.0 Å². The summed E-state index contributed by atoms with van der Waals surface area (Å²) in [5.74, 6) is 2.26. The van der Waals surface area contributed by atoms with Gasteiger partial charge in [0.25, 0.3) is 0 Å². The van der Waals surface area contributed by atoms with Crippen molar-refractivity contribution in [2.24, 2.45) is 0 Å². The van der Waals surface area contributed by atoms with Crippen molar-refractivity contribution in [2.45, 2.75) is 19.9 Å². The fraction of sp³-hybridized carbons (Fsp3) is 0.333. The molecule has 2 aliphatic rings. The Labute approximate surface area is 251 Å². The van der Waals surface area contributed by atoms with Crippen molar-refractivity contribution >= 4 is 29.2 Å². The molecule has 0 spiro atoms. The van der Waals surface area contributed by atoms with Gasteiger partial charge in [-0.25, -0.2) is 4.79 Å². The summed E-state index contributed by atoms with van der Waals surface area (Å²) in [4.78, 5) is 29.8. The number of hydrogen-bond acceptors (Lipinski definition) is 8. The Kier molecular flexibility index (Phi) is 9.06. The van der Waals surface area contributed by atoms with Gasteiger partial charge in [0, 0.05) is 26.2 Å². The van der Waals surface area contributed by atoms with Crippen molar-refractivity contribution in [3.63, 3.8) is 0 Å². The van der Waals surface area contributed by atoms with Gasteiger partial charge < -0.3 is 38.5 Å². The topological polar surface area (TPSA) is 103 Å². The van der Waals surface area contributed by atoms with Gasteiger partial charge in [-0.15, -0.1) is 0 Å². The Hall–Kier alpha value is -4.70. The number of methoxy groups -OCH3 is 3. The lowest BCUT2D eigenvalue weighted by Gasteiger charge is -2.31. The number of carbonyl (C=O) groups excluding carboxylic acids is 2. The molecule has 1 N–H and O–H groups in total. The Morgan fingerprint density at radius 2 is 1.67 bits per heavy atom. The van der Waals surface area contributed by atoms with E-state index < -0.39 is 6.09 Å². The second-order valence-electron chi connectivity index (χ2n) is 10.5. The number of nitrogens with one attached hydrogen (secondary N) is 1. The van der Waals surface area contributed by atoms with Crippen molar-refractivity contribution in [2.75, 3.05) is 54.6 Å². The van der Waals surface area contributed by atoms with E-state index in [1.807, 2.05) is 56.4 Å². The van der Waals surface area contributed by atoms with Crippen LogP contribution in [0, 0.1) is 0 Å². The van der Waals surface area contributed by atoms with Crippen LogP contribution in [0.3, 0.4) is 0 Å². The summed E-state index contributed by atoms with van der Waals surface area (Å²) in [6.45, 7) is 5.06. The summed E-state index contributed by atoms with van der Waals surface area (Å²) in [5, 5.41) is 2.94. The van der Waals surface area contributed by atoms with Gasteiger partial charge in [0.2, 0.25) is 11.7 Å². The fourth-order valence-electron chi connectivity index (χ4n) is 5.33. The number of amides is 2. The van der Waals surface area contributed by atoms with Crippen molar-refractivity contribution in [3.05, 3.63) is 76.8 Å². The van der Waals surface area contributed by atoms with Gasteiger partial charge in [0.1, 0.15) is 11.5 Å². The average molecular weight is 588 g/mol. The Balaban J connectivity index is 1.45. The number of rotatable bonds is 9. The number of carbonyl (C=O) groups is 2. The van der Waals surface area contributed by atoms with Crippen LogP contribution >= 0.6 is 0 Å². The van der Waals surface area contributed by atoms with E-state index in [1.165, 1.54) is 14.2 Å². The van der Waals surface area contributed by atoms with Gasteiger partial charge in [0.15, 0.2) is 11.5 Å². The number of fused-ring (bicyclic) bond motifs is 1. The third-order valence-corrected chi connectivity index (χ3v) is 7.82. The minimum atomic E-state index is -0.441. The van der Waals surface area contributed by atoms with Gasteiger partial charge in [-0.3, -0.25) is 4.79 Å². The second-order valence-corrected chi connectivity index (χ2v) is 10.5. The Morgan fingerprint density at radius 3 is 2.30 bits per heavy atom. The number of likely N-dealkylation sites (N-methyl/N-ethyl adjacent to an activating group) is 1. The molecule has 1 saturated heterocycles. The molecule has 2 heterocycles. The summed E-state index contributed by atoms with van der Waals surface area (Å²) < 4.78 is 27.9. The second kappa shape index (κ2) is 13.1. The molecule has 2 aromatic carbocycles. The molecule has 0 atom stereocenters. The van der Waals surface area contributed by atoms with E-state index >= 15 is 0 Å². The van der Waals surface area contributed by atoms with Gasteiger partial charge >= 0.3 is 6.09 Å². The van der Waals surface area contributed by atoms with Crippen LogP contribution < -0.4 is 24.3 Å². The van der Waals surface area contributed by atoms with Crippen LogP contribution in [0.1, 0.15) is 35.8 Å². The molecule has 0 bridgehead atoms. The maximum atomic E-state index is 13.0. The number of nitrogens with zero attached hydrogens (tertiary/aromatic N) is 2. The number of furan rings is 1. The van der Waals surface area contributed by atoms with Crippen LogP contribution in [0.15, 0.2) is 58.7 Å². The first-order chi connectivity index (χ1) is 20.8. The highest BCUT2D eigenvalue weighted by molar-refractivity contribution is 6.08.